The van der Waals surface area contributed by atoms with Gasteiger partial charge in [0.25, 0.3) is 0 Å². The molecule has 0 spiro atoms. The van der Waals surface area contributed by atoms with Crippen LogP contribution < -0.4 is 15.4 Å². The minimum atomic E-state index is -0.531. The van der Waals surface area contributed by atoms with Crippen LogP contribution in [-0.4, -0.2) is 31.9 Å². The molecule has 0 aliphatic rings. The molecule has 0 aliphatic heterocycles. The van der Waals surface area contributed by atoms with Gasteiger partial charge in [0.1, 0.15) is 11.4 Å². The lowest BCUT2D eigenvalue weighted by Gasteiger charge is -2.27. The molecule has 0 heterocycles. The molecule has 20 heavy (non-hydrogen) atoms. The Morgan fingerprint density at radius 1 is 1.35 bits per heavy atom. The molecule has 5 heteroatoms. The van der Waals surface area contributed by atoms with Gasteiger partial charge < -0.3 is 15.2 Å². The van der Waals surface area contributed by atoms with Crippen molar-refractivity contribution < 1.29 is 14.3 Å². The summed E-state index contributed by atoms with van der Waals surface area (Å²) in [6.45, 7) is 6.56. The van der Waals surface area contributed by atoms with Crippen molar-refractivity contribution in [3.05, 3.63) is 24.3 Å². The van der Waals surface area contributed by atoms with E-state index < -0.39 is 5.60 Å². The summed E-state index contributed by atoms with van der Waals surface area (Å²) >= 11 is 0. The first-order valence-electron chi connectivity index (χ1n) is 6.72. The largest absolute Gasteiger partial charge is 0.497 e. The second kappa shape index (κ2) is 7.14. The van der Waals surface area contributed by atoms with Crippen molar-refractivity contribution >= 4 is 11.8 Å². The van der Waals surface area contributed by atoms with Crippen LogP contribution >= 0.6 is 0 Å². The van der Waals surface area contributed by atoms with Crippen LogP contribution in [0.1, 0.15) is 27.2 Å². The molecule has 0 unspecified atom stereocenters. The molecule has 1 aromatic carbocycles. The van der Waals surface area contributed by atoms with Gasteiger partial charge in [-0.15, -0.1) is 0 Å². The smallest absolute Gasteiger partial charge is 0.414 e. The second-order valence-electron chi connectivity index (χ2n) is 5.48. The number of nitrogens with zero attached hydrogens (tertiary/aromatic N) is 1. The fraction of sp³-hybridized carbons (Fsp3) is 0.533. The molecule has 1 amide bonds. The van der Waals surface area contributed by atoms with Crippen molar-refractivity contribution in [2.24, 2.45) is 5.73 Å². The van der Waals surface area contributed by atoms with Crippen LogP contribution in [0.2, 0.25) is 0 Å². The number of anilines is 1. The van der Waals surface area contributed by atoms with Gasteiger partial charge in [-0.25, -0.2) is 4.79 Å². The van der Waals surface area contributed by atoms with Crippen LogP contribution in [0.5, 0.6) is 5.75 Å². The third-order valence-corrected chi connectivity index (χ3v) is 2.56. The number of nitrogens with two attached hydrogens (primary N) is 1. The van der Waals surface area contributed by atoms with Crippen LogP contribution in [0.3, 0.4) is 0 Å². The molecule has 0 bridgehead atoms. The lowest BCUT2D eigenvalue weighted by molar-refractivity contribution is 0.0580. The topological polar surface area (TPSA) is 64.8 Å². The minimum absolute atomic E-state index is 0.376. The van der Waals surface area contributed by atoms with Crippen molar-refractivity contribution in [3.63, 3.8) is 0 Å². The van der Waals surface area contributed by atoms with E-state index in [9.17, 15) is 4.79 Å². The van der Waals surface area contributed by atoms with Crippen molar-refractivity contribution in [1.82, 2.24) is 0 Å². The summed E-state index contributed by atoms with van der Waals surface area (Å²) in [7, 11) is 1.59. The van der Waals surface area contributed by atoms with E-state index >= 15 is 0 Å². The maximum absolute atomic E-state index is 12.3. The van der Waals surface area contributed by atoms with E-state index in [0.29, 0.717) is 25.3 Å². The quantitative estimate of drug-likeness (QED) is 0.900. The van der Waals surface area contributed by atoms with E-state index in [4.69, 9.17) is 15.2 Å². The van der Waals surface area contributed by atoms with E-state index in [-0.39, 0.29) is 6.09 Å². The van der Waals surface area contributed by atoms with Gasteiger partial charge in [0.2, 0.25) is 0 Å². The number of rotatable bonds is 5. The number of hydrogen-bond acceptors (Lipinski definition) is 4. The summed E-state index contributed by atoms with van der Waals surface area (Å²) < 4.78 is 10.6. The molecule has 1 aromatic rings. The van der Waals surface area contributed by atoms with Gasteiger partial charge in [0, 0.05) is 12.6 Å². The van der Waals surface area contributed by atoms with Gasteiger partial charge in [-0.1, -0.05) is 6.07 Å². The van der Waals surface area contributed by atoms with Gasteiger partial charge >= 0.3 is 6.09 Å². The summed E-state index contributed by atoms with van der Waals surface area (Å²) in [5, 5.41) is 0. The van der Waals surface area contributed by atoms with Crippen LogP contribution in [0.25, 0.3) is 0 Å². The third-order valence-electron chi connectivity index (χ3n) is 2.56. The number of carbonyl (C=O) groups excluding carboxylic acids is 1. The Bertz CT molecular complexity index is 441. The number of ether oxygens (including phenoxy) is 2. The molecule has 0 saturated heterocycles. The highest BCUT2D eigenvalue weighted by atomic mass is 16.6. The monoisotopic (exact) mass is 280 g/mol. The highest BCUT2D eigenvalue weighted by Crippen LogP contribution is 2.23. The van der Waals surface area contributed by atoms with Crippen molar-refractivity contribution in [3.8, 4) is 5.75 Å². The summed E-state index contributed by atoms with van der Waals surface area (Å²) in [5.41, 5.74) is 5.75. The standard InChI is InChI=1S/C15H24N2O3/c1-15(2,3)20-14(18)17(10-6-9-16)12-7-5-8-13(11-12)19-4/h5,7-8,11H,6,9-10,16H2,1-4H3. The molecule has 0 saturated carbocycles. The lowest BCUT2D eigenvalue weighted by Crippen LogP contribution is -2.38. The van der Waals surface area contributed by atoms with Gasteiger partial charge in [-0.05, 0) is 45.9 Å². The Labute approximate surface area is 120 Å². The number of amides is 1. The second-order valence-corrected chi connectivity index (χ2v) is 5.48. The van der Waals surface area contributed by atoms with Crippen LogP contribution in [0.15, 0.2) is 24.3 Å². The molecule has 0 aliphatic carbocycles. The Morgan fingerprint density at radius 2 is 2.05 bits per heavy atom. The molecule has 0 aromatic heterocycles. The molecule has 1 rings (SSSR count). The highest BCUT2D eigenvalue weighted by Gasteiger charge is 2.23. The molecule has 0 atom stereocenters. The summed E-state index contributed by atoms with van der Waals surface area (Å²) in [5.74, 6) is 0.698. The first-order valence-corrected chi connectivity index (χ1v) is 6.72. The van der Waals surface area contributed by atoms with Gasteiger partial charge in [0.05, 0.1) is 12.8 Å². The fourth-order valence-corrected chi connectivity index (χ4v) is 1.67. The molecule has 112 valence electrons. The van der Waals surface area contributed by atoms with E-state index in [2.05, 4.69) is 0 Å². The fourth-order valence-electron chi connectivity index (χ4n) is 1.67. The molecular formula is C15H24N2O3. The zero-order valence-corrected chi connectivity index (χ0v) is 12.7. The predicted octanol–water partition coefficient (Wildman–Crippen LogP) is 2.79. The van der Waals surface area contributed by atoms with Crippen molar-refractivity contribution in [2.45, 2.75) is 32.8 Å². The Kier molecular flexibility index (Phi) is 5.82. The van der Waals surface area contributed by atoms with Crippen LogP contribution in [-0.2, 0) is 4.74 Å². The highest BCUT2D eigenvalue weighted by molar-refractivity contribution is 5.88. The van der Waals surface area contributed by atoms with Crippen LogP contribution in [0.4, 0.5) is 10.5 Å². The van der Waals surface area contributed by atoms with E-state index in [1.54, 1.807) is 18.1 Å². The molecule has 2 N–H and O–H groups in total. The molecular weight excluding hydrogens is 256 g/mol. The first-order chi connectivity index (χ1) is 9.37. The van der Waals surface area contributed by atoms with Crippen LogP contribution in [0, 0.1) is 0 Å². The summed E-state index contributed by atoms with van der Waals surface area (Å²) in [4.78, 5) is 13.9. The lowest BCUT2D eigenvalue weighted by atomic mass is 10.2. The van der Waals surface area contributed by atoms with Crippen molar-refractivity contribution in [2.75, 3.05) is 25.1 Å². The number of carbonyl (C=O) groups is 1. The SMILES string of the molecule is COc1cccc(N(CCCN)C(=O)OC(C)(C)C)c1. The minimum Gasteiger partial charge on any atom is -0.497 e. The van der Waals surface area contributed by atoms with E-state index in [1.165, 1.54) is 0 Å². The number of hydrogen-bond donors (Lipinski definition) is 1. The number of benzene rings is 1. The molecule has 5 nitrogen and oxygen atoms in total. The average Bonchev–Trinajstić information content (AvgIpc) is 2.37. The average molecular weight is 280 g/mol. The molecule has 0 fully saturated rings. The normalized spacial score (nSPS) is 11.1. The first kappa shape index (κ1) is 16.3. The van der Waals surface area contributed by atoms with E-state index in [0.717, 1.165) is 5.69 Å². The summed E-state index contributed by atoms with van der Waals surface area (Å²) in [6, 6.07) is 7.33. The Balaban J connectivity index is 2.95. The van der Waals surface area contributed by atoms with Crippen molar-refractivity contribution in [1.29, 1.82) is 0 Å². The van der Waals surface area contributed by atoms with Gasteiger partial charge in [-0.3, -0.25) is 4.90 Å². The maximum Gasteiger partial charge on any atom is 0.414 e. The zero-order valence-electron chi connectivity index (χ0n) is 12.7. The Morgan fingerprint density at radius 3 is 2.60 bits per heavy atom. The molecule has 0 radical (unpaired) electrons. The summed E-state index contributed by atoms with van der Waals surface area (Å²) in [6.07, 6.45) is 0.329. The maximum atomic E-state index is 12.3. The van der Waals surface area contributed by atoms with Gasteiger partial charge in [-0.2, -0.15) is 0 Å². The van der Waals surface area contributed by atoms with E-state index in [1.807, 2.05) is 39.0 Å². The predicted molar refractivity (Wildman–Crippen MR) is 80.2 cm³/mol. The Hall–Kier alpha value is -1.75. The third kappa shape index (κ3) is 5.09. The zero-order chi connectivity index (χ0) is 15.2. The number of methoxy groups -OCH3 is 1. The van der Waals surface area contributed by atoms with Gasteiger partial charge in [0.15, 0.2) is 0 Å².